The lowest BCUT2D eigenvalue weighted by Gasteiger charge is -2.16. The van der Waals surface area contributed by atoms with Crippen LogP contribution < -0.4 is 0 Å². The Morgan fingerprint density at radius 1 is 1.40 bits per heavy atom. The second kappa shape index (κ2) is 6.38. The van der Waals surface area contributed by atoms with E-state index in [0.29, 0.717) is 11.5 Å². The third-order valence-corrected chi connectivity index (χ3v) is 3.03. The van der Waals surface area contributed by atoms with E-state index in [9.17, 15) is 0 Å². The quantitative estimate of drug-likeness (QED) is 0.475. The van der Waals surface area contributed by atoms with E-state index in [1.165, 1.54) is 0 Å². The van der Waals surface area contributed by atoms with Crippen LogP contribution in [0.4, 0.5) is 0 Å². The molecule has 0 aromatic carbocycles. The molecule has 1 unspecified atom stereocenters. The highest BCUT2D eigenvalue weighted by Gasteiger charge is 2.07. The summed E-state index contributed by atoms with van der Waals surface area (Å²) in [7, 11) is 3.57. The molecule has 0 aromatic rings. The lowest BCUT2D eigenvalue weighted by Crippen LogP contribution is -2.12. The Morgan fingerprint density at radius 3 is 2.30 bits per heavy atom. The van der Waals surface area contributed by atoms with Crippen molar-refractivity contribution in [1.29, 1.82) is 0 Å². The Bertz CT molecular complexity index is 76.0. The van der Waals surface area contributed by atoms with Gasteiger partial charge in [-0.3, -0.25) is 0 Å². The van der Waals surface area contributed by atoms with Gasteiger partial charge in [0.25, 0.3) is 0 Å². The van der Waals surface area contributed by atoms with Gasteiger partial charge in [-0.2, -0.15) is 0 Å². The van der Waals surface area contributed by atoms with Crippen LogP contribution in [0.3, 0.4) is 0 Å². The Hall–Kier alpha value is 0.660. The Labute approximate surface area is 71.7 Å². The van der Waals surface area contributed by atoms with E-state index in [-0.39, 0.29) is 0 Å². The zero-order chi connectivity index (χ0) is 7.98. The number of hydrogen-bond donors (Lipinski definition) is 0. The van der Waals surface area contributed by atoms with Crippen molar-refractivity contribution < 1.29 is 4.74 Å². The maximum atomic E-state index is 5.58. The van der Waals surface area contributed by atoms with Gasteiger partial charge in [0, 0.05) is 0 Å². The summed E-state index contributed by atoms with van der Waals surface area (Å²) in [4.78, 5) is 0. The zero-order valence-electron chi connectivity index (χ0n) is 7.09. The van der Waals surface area contributed by atoms with Crippen LogP contribution in [0.25, 0.3) is 0 Å². The summed E-state index contributed by atoms with van der Waals surface area (Å²) in [5, 5.41) is 0. The molecule has 0 amide bonds. The fourth-order valence-corrected chi connectivity index (χ4v) is 2.40. The normalized spacial score (nSPS) is 14.1. The molecule has 0 aliphatic heterocycles. The summed E-state index contributed by atoms with van der Waals surface area (Å²) in [6, 6.07) is 0. The van der Waals surface area contributed by atoms with Gasteiger partial charge in [0.05, 0.1) is 6.10 Å². The monoisotopic (exact) mass is 180 g/mol. The van der Waals surface area contributed by atoms with Crippen LogP contribution in [0.2, 0.25) is 0 Å². The summed E-state index contributed by atoms with van der Waals surface area (Å²) < 4.78 is 5.58. The third kappa shape index (κ3) is 5.45. The van der Waals surface area contributed by atoms with E-state index < -0.39 is 0 Å². The molecule has 0 spiro atoms. The van der Waals surface area contributed by atoms with Crippen molar-refractivity contribution >= 4 is 21.6 Å². The van der Waals surface area contributed by atoms with Crippen LogP contribution in [0, 0.1) is 0 Å². The molecule has 0 saturated carbocycles. The van der Waals surface area contributed by atoms with Crippen LogP contribution in [0.15, 0.2) is 0 Å². The minimum Gasteiger partial charge on any atom is -0.364 e. The van der Waals surface area contributed by atoms with Gasteiger partial charge in [-0.1, -0.05) is 28.5 Å². The van der Waals surface area contributed by atoms with Crippen molar-refractivity contribution in [1.82, 2.24) is 0 Å². The first-order valence-corrected chi connectivity index (χ1v) is 6.17. The van der Waals surface area contributed by atoms with Crippen LogP contribution in [0.1, 0.15) is 27.2 Å². The zero-order valence-corrected chi connectivity index (χ0v) is 8.72. The van der Waals surface area contributed by atoms with Crippen LogP contribution >= 0.6 is 21.6 Å². The van der Waals surface area contributed by atoms with Gasteiger partial charge in [-0.15, -0.1) is 0 Å². The van der Waals surface area contributed by atoms with Gasteiger partial charge in [-0.05, 0) is 26.5 Å². The second-order valence-corrected chi connectivity index (χ2v) is 4.91. The molecule has 0 heterocycles. The van der Waals surface area contributed by atoms with Crippen LogP contribution in [-0.2, 0) is 4.74 Å². The lowest BCUT2D eigenvalue weighted by molar-refractivity contribution is 0.0585. The highest BCUT2D eigenvalue weighted by molar-refractivity contribution is 8.76. The number of hydrogen-bond acceptors (Lipinski definition) is 3. The molecule has 10 heavy (non-hydrogen) atoms. The van der Waals surface area contributed by atoms with Crippen molar-refractivity contribution in [2.24, 2.45) is 0 Å². The van der Waals surface area contributed by atoms with Crippen molar-refractivity contribution in [3.05, 3.63) is 0 Å². The highest BCUT2D eigenvalue weighted by atomic mass is 33.1. The van der Waals surface area contributed by atoms with Crippen LogP contribution in [0.5, 0.6) is 0 Å². The van der Waals surface area contributed by atoms with Gasteiger partial charge in [0.2, 0.25) is 0 Å². The molecule has 1 nitrogen and oxygen atoms in total. The van der Waals surface area contributed by atoms with E-state index in [1.807, 2.05) is 0 Å². The third-order valence-electron chi connectivity index (χ3n) is 0.961. The lowest BCUT2D eigenvalue weighted by atomic mass is 10.4. The SMILES string of the molecule is CCC(OC(C)C)SSC. The van der Waals surface area contributed by atoms with Gasteiger partial charge >= 0.3 is 0 Å². The fraction of sp³-hybridized carbons (Fsp3) is 1.00. The molecule has 0 saturated heterocycles. The first-order valence-electron chi connectivity index (χ1n) is 3.55. The largest absolute Gasteiger partial charge is 0.364 e. The maximum absolute atomic E-state index is 5.58. The summed E-state index contributed by atoms with van der Waals surface area (Å²) in [6.45, 7) is 6.30. The minimum atomic E-state index is 0.351. The predicted octanol–water partition coefficient (Wildman–Crippen LogP) is 3.16. The van der Waals surface area contributed by atoms with Gasteiger partial charge < -0.3 is 4.74 Å². The molecular weight excluding hydrogens is 164 g/mol. The number of ether oxygens (including phenoxy) is 1. The Kier molecular flexibility index (Phi) is 6.80. The predicted molar refractivity (Wildman–Crippen MR) is 51.4 cm³/mol. The molecule has 0 aliphatic carbocycles. The molecule has 0 fully saturated rings. The standard InChI is InChI=1S/C7H16OS2/c1-5-7(10-9-4)8-6(2)3/h6-7H,5H2,1-4H3. The Morgan fingerprint density at radius 2 is 2.00 bits per heavy atom. The maximum Gasteiger partial charge on any atom is 0.113 e. The van der Waals surface area contributed by atoms with Crippen molar-refractivity contribution in [2.75, 3.05) is 6.26 Å². The first-order chi connectivity index (χ1) is 4.70. The topological polar surface area (TPSA) is 9.23 Å². The molecule has 0 N–H and O–H groups in total. The molecule has 3 heteroatoms. The summed E-state index contributed by atoms with van der Waals surface area (Å²) in [6.07, 6.45) is 3.52. The van der Waals surface area contributed by atoms with Gasteiger partial charge in [-0.25, -0.2) is 0 Å². The number of rotatable bonds is 5. The smallest absolute Gasteiger partial charge is 0.113 e. The fourth-order valence-electron chi connectivity index (χ4n) is 0.598. The summed E-state index contributed by atoms with van der Waals surface area (Å²) in [5.41, 5.74) is 0.370. The van der Waals surface area contributed by atoms with E-state index in [0.717, 1.165) is 6.42 Å². The molecular formula is C7H16OS2. The summed E-state index contributed by atoms with van der Waals surface area (Å²) >= 11 is 0. The molecule has 0 bridgehead atoms. The van der Waals surface area contributed by atoms with E-state index >= 15 is 0 Å². The van der Waals surface area contributed by atoms with Crippen molar-refractivity contribution in [3.8, 4) is 0 Å². The molecule has 0 aromatic heterocycles. The van der Waals surface area contributed by atoms with E-state index in [2.05, 4.69) is 27.0 Å². The summed E-state index contributed by atoms with van der Waals surface area (Å²) in [5.74, 6) is 0. The van der Waals surface area contributed by atoms with E-state index in [4.69, 9.17) is 4.74 Å². The molecule has 0 rings (SSSR count). The second-order valence-electron chi connectivity index (χ2n) is 2.29. The molecule has 0 aliphatic rings. The first kappa shape index (κ1) is 10.7. The van der Waals surface area contributed by atoms with E-state index in [1.54, 1.807) is 21.6 Å². The molecule has 0 radical (unpaired) electrons. The molecule has 62 valence electrons. The average Bonchev–Trinajstić information content (AvgIpc) is 1.86. The van der Waals surface area contributed by atoms with Crippen LogP contribution in [-0.4, -0.2) is 17.8 Å². The Balaban J connectivity index is 3.39. The highest BCUT2D eigenvalue weighted by Crippen LogP contribution is 2.27. The van der Waals surface area contributed by atoms with Gasteiger partial charge in [0.1, 0.15) is 5.44 Å². The van der Waals surface area contributed by atoms with Gasteiger partial charge in [0.15, 0.2) is 0 Å². The average molecular weight is 180 g/mol. The van der Waals surface area contributed by atoms with Crippen molar-refractivity contribution in [2.45, 2.75) is 38.7 Å². The minimum absolute atomic E-state index is 0.351. The van der Waals surface area contributed by atoms with Crippen molar-refractivity contribution in [3.63, 3.8) is 0 Å². The molecule has 1 atom stereocenters.